The molecule has 0 aliphatic heterocycles. The van der Waals surface area contributed by atoms with Crippen molar-refractivity contribution >= 4 is 17.9 Å². The number of esters is 3. The van der Waals surface area contributed by atoms with E-state index in [0.29, 0.717) is 19.3 Å². The van der Waals surface area contributed by atoms with Crippen molar-refractivity contribution in [3.05, 3.63) is 146 Å². The van der Waals surface area contributed by atoms with E-state index in [2.05, 4.69) is 167 Å². The van der Waals surface area contributed by atoms with E-state index in [0.717, 1.165) is 154 Å². The summed E-state index contributed by atoms with van der Waals surface area (Å²) in [6.45, 7) is 6.45. The van der Waals surface area contributed by atoms with E-state index < -0.39 is 6.10 Å². The number of carbonyl (C=O) groups is 3. The first-order valence-corrected chi connectivity index (χ1v) is 33.3. The first kappa shape index (κ1) is 76.3. The molecule has 0 heterocycles. The normalized spacial score (nSPS) is 13.1. The van der Waals surface area contributed by atoms with Crippen LogP contribution in [0.15, 0.2) is 146 Å². The van der Waals surface area contributed by atoms with Gasteiger partial charge >= 0.3 is 17.9 Å². The van der Waals surface area contributed by atoms with E-state index in [9.17, 15) is 14.4 Å². The maximum atomic E-state index is 12.9. The predicted molar refractivity (Wildman–Crippen MR) is 352 cm³/mol. The quantitative estimate of drug-likeness (QED) is 0.0261. The number of hydrogen-bond donors (Lipinski definition) is 0. The predicted octanol–water partition coefficient (Wildman–Crippen LogP) is 23.1. The third-order valence-electron chi connectivity index (χ3n) is 13.8. The average molecular weight is 1120 g/mol. The van der Waals surface area contributed by atoms with Gasteiger partial charge in [-0.25, -0.2) is 0 Å². The highest BCUT2D eigenvalue weighted by Gasteiger charge is 2.19. The molecule has 1 unspecified atom stereocenters. The summed E-state index contributed by atoms with van der Waals surface area (Å²) in [5.74, 6) is -0.927. The molecule has 0 aliphatic carbocycles. The highest BCUT2D eigenvalue weighted by molar-refractivity contribution is 5.71. The maximum Gasteiger partial charge on any atom is 0.306 e. The Labute approximate surface area is 499 Å². The van der Waals surface area contributed by atoms with E-state index in [4.69, 9.17) is 14.2 Å². The first-order valence-electron chi connectivity index (χ1n) is 33.3. The highest BCUT2D eigenvalue weighted by atomic mass is 16.6. The van der Waals surface area contributed by atoms with E-state index in [1.165, 1.54) is 96.3 Å². The molecular weight excluding hydrogens is 997 g/mol. The summed E-state index contributed by atoms with van der Waals surface area (Å²) >= 11 is 0. The molecular formula is C75H122O6. The lowest BCUT2D eigenvalue weighted by Gasteiger charge is -2.18. The lowest BCUT2D eigenvalue weighted by molar-refractivity contribution is -0.167. The summed E-state index contributed by atoms with van der Waals surface area (Å²) in [5, 5.41) is 0. The van der Waals surface area contributed by atoms with Crippen LogP contribution in [0.5, 0.6) is 0 Å². The zero-order chi connectivity index (χ0) is 58.5. The molecule has 0 fully saturated rings. The van der Waals surface area contributed by atoms with Gasteiger partial charge in [-0.15, -0.1) is 0 Å². The van der Waals surface area contributed by atoms with Gasteiger partial charge in [0.05, 0.1) is 0 Å². The van der Waals surface area contributed by atoms with Crippen molar-refractivity contribution < 1.29 is 28.6 Å². The largest absolute Gasteiger partial charge is 0.462 e. The second-order valence-corrected chi connectivity index (χ2v) is 21.6. The van der Waals surface area contributed by atoms with Gasteiger partial charge < -0.3 is 14.2 Å². The van der Waals surface area contributed by atoms with E-state index in [1.807, 2.05) is 0 Å². The topological polar surface area (TPSA) is 78.9 Å². The third-order valence-corrected chi connectivity index (χ3v) is 13.8. The smallest absolute Gasteiger partial charge is 0.306 e. The minimum Gasteiger partial charge on any atom is -0.462 e. The second-order valence-electron chi connectivity index (χ2n) is 21.6. The molecule has 1 atom stereocenters. The van der Waals surface area contributed by atoms with Crippen LogP contribution in [0.2, 0.25) is 0 Å². The molecule has 0 N–H and O–H groups in total. The van der Waals surface area contributed by atoms with Crippen LogP contribution in [0.3, 0.4) is 0 Å². The number of rotatable bonds is 59. The maximum absolute atomic E-state index is 12.9. The molecule has 0 radical (unpaired) electrons. The van der Waals surface area contributed by atoms with Gasteiger partial charge in [-0.2, -0.15) is 0 Å². The molecule has 0 aromatic heterocycles. The fraction of sp³-hybridized carbons (Fsp3) is 0.640. The van der Waals surface area contributed by atoms with Gasteiger partial charge in [-0.3, -0.25) is 14.4 Å². The van der Waals surface area contributed by atoms with Crippen LogP contribution in [-0.2, 0) is 28.6 Å². The molecule has 0 amide bonds. The zero-order valence-corrected chi connectivity index (χ0v) is 52.5. The van der Waals surface area contributed by atoms with Gasteiger partial charge in [-0.1, -0.05) is 276 Å². The van der Waals surface area contributed by atoms with Crippen LogP contribution >= 0.6 is 0 Å². The molecule has 0 rings (SSSR count). The standard InChI is InChI=1S/C75H122O6/c1-4-7-10-13-16-19-22-25-28-29-30-31-32-33-34-35-36-37-38-39-40-41-42-43-44-45-46-47-48-51-53-56-59-62-65-68-74(77)80-71-72(81-75(78)69-66-63-60-57-54-50-27-24-21-18-15-12-9-6-3)70-79-73(76)67-64-61-58-55-52-49-26-23-20-17-14-11-8-5-2/h7,10,15-16,18-19,23-28,30-31,33-34,36-37,39-40,42-43,45-46,72H,4-6,8-9,11-14,17,20-22,29,32,35,38,41,44,47-71H2,1-3H3/b10-7-,18-15-,19-16-,26-23-,27-24-,28-25-,31-30-,34-33-,37-36-,40-39-,43-42-,46-45-. The van der Waals surface area contributed by atoms with Gasteiger partial charge in [0.2, 0.25) is 0 Å². The van der Waals surface area contributed by atoms with Crippen molar-refractivity contribution in [1.29, 1.82) is 0 Å². The first-order chi connectivity index (χ1) is 40.0. The number of ether oxygens (including phenoxy) is 3. The molecule has 458 valence electrons. The van der Waals surface area contributed by atoms with Crippen molar-refractivity contribution in [2.75, 3.05) is 13.2 Å². The molecule has 6 nitrogen and oxygen atoms in total. The SMILES string of the molecule is CC/C=C\C/C=C\C/C=C\C/C=C\C/C=C\C/C=C\C/C=C\C/C=C\C/C=C\CCCCCCCCCC(=O)OCC(COC(=O)CCCCCCC/C=C\CCCCCCC)OC(=O)CCCCCCC/C=C\C/C=C\CCCC. The van der Waals surface area contributed by atoms with Crippen LogP contribution in [-0.4, -0.2) is 37.2 Å². The minimum absolute atomic E-state index is 0.0944. The lowest BCUT2D eigenvalue weighted by Crippen LogP contribution is -2.30. The Morgan fingerprint density at radius 3 is 0.802 bits per heavy atom. The molecule has 6 heteroatoms. The molecule has 0 aromatic carbocycles. The summed E-state index contributed by atoms with van der Waals surface area (Å²) in [7, 11) is 0. The summed E-state index contributed by atoms with van der Waals surface area (Å²) in [4.78, 5) is 38.3. The lowest BCUT2D eigenvalue weighted by atomic mass is 10.1. The van der Waals surface area contributed by atoms with Gasteiger partial charge in [0.1, 0.15) is 13.2 Å². The van der Waals surface area contributed by atoms with Crippen molar-refractivity contribution in [2.45, 2.75) is 297 Å². The minimum atomic E-state index is -0.799. The summed E-state index contributed by atoms with van der Waals surface area (Å²) in [5.41, 5.74) is 0. The van der Waals surface area contributed by atoms with Gasteiger partial charge in [-0.05, 0) is 141 Å². The summed E-state index contributed by atoms with van der Waals surface area (Å²) in [6, 6.07) is 0. The highest BCUT2D eigenvalue weighted by Crippen LogP contribution is 2.15. The molecule has 0 bridgehead atoms. The fourth-order valence-corrected chi connectivity index (χ4v) is 8.80. The molecule has 81 heavy (non-hydrogen) atoms. The van der Waals surface area contributed by atoms with Crippen LogP contribution in [0, 0.1) is 0 Å². The second kappa shape index (κ2) is 67.8. The van der Waals surface area contributed by atoms with Gasteiger partial charge in [0.15, 0.2) is 6.10 Å². The Kier molecular flexibility index (Phi) is 63.9. The van der Waals surface area contributed by atoms with Gasteiger partial charge in [0.25, 0.3) is 0 Å². The average Bonchev–Trinajstić information content (AvgIpc) is 3.47. The Morgan fingerprint density at radius 1 is 0.259 bits per heavy atom. The van der Waals surface area contributed by atoms with Crippen molar-refractivity contribution in [1.82, 2.24) is 0 Å². The number of allylic oxidation sites excluding steroid dienone is 24. The van der Waals surface area contributed by atoms with Crippen molar-refractivity contribution in [3.8, 4) is 0 Å². The molecule has 0 saturated carbocycles. The van der Waals surface area contributed by atoms with E-state index in [1.54, 1.807) is 0 Å². The van der Waals surface area contributed by atoms with Gasteiger partial charge in [0, 0.05) is 19.3 Å². The summed E-state index contributed by atoms with van der Waals surface area (Å²) in [6.07, 6.45) is 97.2. The number of hydrogen-bond acceptors (Lipinski definition) is 6. The molecule has 0 spiro atoms. The number of carbonyl (C=O) groups excluding carboxylic acids is 3. The molecule has 0 aliphatic rings. The van der Waals surface area contributed by atoms with Crippen LogP contribution < -0.4 is 0 Å². The van der Waals surface area contributed by atoms with Crippen LogP contribution in [0.1, 0.15) is 290 Å². The Hall–Kier alpha value is -4.71. The van der Waals surface area contributed by atoms with Crippen molar-refractivity contribution in [2.24, 2.45) is 0 Å². The molecule has 0 saturated heterocycles. The zero-order valence-electron chi connectivity index (χ0n) is 52.5. The molecule has 0 aromatic rings. The van der Waals surface area contributed by atoms with Crippen LogP contribution in [0.4, 0.5) is 0 Å². The monoisotopic (exact) mass is 1120 g/mol. The Morgan fingerprint density at radius 2 is 0.494 bits per heavy atom. The summed E-state index contributed by atoms with van der Waals surface area (Å²) < 4.78 is 16.9. The fourth-order valence-electron chi connectivity index (χ4n) is 8.80. The Balaban J connectivity index is 4.28. The van der Waals surface area contributed by atoms with E-state index in [-0.39, 0.29) is 31.1 Å². The Bertz CT molecular complexity index is 1760. The van der Waals surface area contributed by atoms with Crippen LogP contribution in [0.25, 0.3) is 0 Å². The number of unbranched alkanes of at least 4 members (excludes halogenated alkanes) is 24. The van der Waals surface area contributed by atoms with E-state index >= 15 is 0 Å². The third kappa shape index (κ3) is 66.0. The van der Waals surface area contributed by atoms with Crippen molar-refractivity contribution in [3.63, 3.8) is 0 Å².